The number of carbonyl (C=O) groups excluding carboxylic acids is 1. The van der Waals surface area contributed by atoms with Gasteiger partial charge in [0.1, 0.15) is 5.78 Å². The lowest BCUT2D eigenvalue weighted by atomic mass is 9.76. The van der Waals surface area contributed by atoms with Crippen LogP contribution in [0.15, 0.2) is 24.3 Å². The molecule has 0 bridgehead atoms. The molecule has 3 unspecified atom stereocenters. The molecule has 0 aromatic heterocycles. The fourth-order valence-corrected chi connectivity index (χ4v) is 4.96. The zero-order chi connectivity index (χ0) is 22.9. The van der Waals surface area contributed by atoms with Crippen molar-refractivity contribution in [2.45, 2.75) is 115 Å². The molecule has 31 heavy (non-hydrogen) atoms. The monoisotopic (exact) mass is 430 g/mol. The SMILES string of the molecule is CCCCCC(O)C(C)(C)c1ccc(C2CCC(=O)C2CCCCCCC(=O)O)cc1. The molecule has 1 saturated carbocycles. The van der Waals surface area contributed by atoms with E-state index < -0.39 is 5.97 Å². The maximum absolute atomic E-state index is 12.5. The van der Waals surface area contributed by atoms with Crippen molar-refractivity contribution >= 4 is 11.8 Å². The number of hydrogen-bond acceptors (Lipinski definition) is 3. The molecule has 1 aliphatic rings. The minimum Gasteiger partial charge on any atom is -0.481 e. The van der Waals surface area contributed by atoms with Crippen LogP contribution in [-0.2, 0) is 15.0 Å². The Morgan fingerprint density at radius 1 is 1.06 bits per heavy atom. The molecule has 0 amide bonds. The maximum Gasteiger partial charge on any atom is 0.303 e. The lowest BCUT2D eigenvalue weighted by Gasteiger charge is -2.32. The molecule has 0 heterocycles. The van der Waals surface area contributed by atoms with Gasteiger partial charge in [-0.3, -0.25) is 9.59 Å². The number of carbonyl (C=O) groups is 2. The van der Waals surface area contributed by atoms with E-state index in [-0.39, 0.29) is 29.8 Å². The normalized spacial score (nSPS) is 20.2. The lowest BCUT2D eigenvalue weighted by Crippen LogP contribution is -2.33. The van der Waals surface area contributed by atoms with Crippen LogP contribution in [0, 0.1) is 5.92 Å². The number of Topliss-reactive ketones (excluding diaryl/α,β-unsaturated/α-hetero) is 1. The molecule has 0 aliphatic heterocycles. The largest absolute Gasteiger partial charge is 0.481 e. The zero-order valence-corrected chi connectivity index (χ0v) is 19.7. The van der Waals surface area contributed by atoms with Crippen LogP contribution < -0.4 is 0 Å². The minimum atomic E-state index is -0.730. The number of aliphatic hydroxyl groups excluding tert-OH is 1. The van der Waals surface area contributed by atoms with Crippen molar-refractivity contribution in [1.82, 2.24) is 0 Å². The van der Waals surface area contributed by atoms with E-state index >= 15 is 0 Å². The lowest BCUT2D eigenvalue weighted by molar-refractivity contribution is -0.137. The van der Waals surface area contributed by atoms with Gasteiger partial charge in [-0.1, -0.05) is 83.6 Å². The van der Waals surface area contributed by atoms with Crippen LogP contribution in [0.25, 0.3) is 0 Å². The van der Waals surface area contributed by atoms with Gasteiger partial charge in [0, 0.05) is 24.2 Å². The molecule has 0 spiro atoms. The number of hydrogen-bond donors (Lipinski definition) is 2. The van der Waals surface area contributed by atoms with E-state index in [4.69, 9.17) is 5.11 Å². The summed E-state index contributed by atoms with van der Waals surface area (Å²) in [6.07, 6.45) is 10.2. The van der Waals surface area contributed by atoms with Gasteiger partial charge < -0.3 is 10.2 Å². The number of carboxylic acid groups (broad SMARTS) is 1. The third-order valence-electron chi connectivity index (χ3n) is 7.25. The van der Waals surface area contributed by atoms with Crippen LogP contribution in [0.2, 0.25) is 0 Å². The van der Waals surface area contributed by atoms with Gasteiger partial charge in [-0.05, 0) is 42.7 Å². The molecule has 0 radical (unpaired) electrons. The minimum absolute atomic E-state index is 0.0953. The number of rotatable bonds is 14. The van der Waals surface area contributed by atoms with E-state index in [1.165, 1.54) is 5.56 Å². The summed E-state index contributed by atoms with van der Waals surface area (Å²) < 4.78 is 0. The van der Waals surface area contributed by atoms with Gasteiger partial charge in [-0.25, -0.2) is 0 Å². The first-order valence-electron chi connectivity index (χ1n) is 12.3. The van der Waals surface area contributed by atoms with Crippen LogP contribution in [0.4, 0.5) is 0 Å². The van der Waals surface area contributed by atoms with Crippen molar-refractivity contribution in [3.63, 3.8) is 0 Å². The Bertz CT molecular complexity index is 692. The fourth-order valence-electron chi connectivity index (χ4n) is 4.96. The summed E-state index contributed by atoms with van der Waals surface area (Å²) in [4.78, 5) is 23.1. The summed E-state index contributed by atoms with van der Waals surface area (Å²) in [6, 6.07) is 8.62. The summed E-state index contributed by atoms with van der Waals surface area (Å²) in [5.41, 5.74) is 2.11. The third-order valence-corrected chi connectivity index (χ3v) is 7.25. The zero-order valence-electron chi connectivity index (χ0n) is 19.7. The molecule has 0 saturated heterocycles. The summed E-state index contributed by atoms with van der Waals surface area (Å²) in [5, 5.41) is 19.5. The van der Waals surface area contributed by atoms with E-state index in [9.17, 15) is 14.7 Å². The van der Waals surface area contributed by atoms with Gasteiger partial charge in [0.2, 0.25) is 0 Å². The van der Waals surface area contributed by atoms with Crippen molar-refractivity contribution in [2.75, 3.05) is 0 Å². The predicted octanol–water partition coefficient (Wildman–Crippen LogP) is 6.39. The van der Waals surface area contributed by atoms with Crippen LogP contribution >= 0.6 is 0 Å². The standard InChI is InChI=1S/C27H42O4/c1-4-5-8-12-25(29)27(2,3)21-16-14-20(15-17-21)22-18-19-24(28)23(22)11-9-6-7-10-13-26(30)31/h14-17,22-23,25,29H,4-13,18-19H2,1-3H3,(H,30,31). The highest BCUT2D eigenvalue weighted by molar-refractivity contribution is 5.84. The Labute approximate surface area is 188 Å². The Kier molecular flexibility index (Phi) is 10.2. The Hall–Kier alpha value is -1.68. The quantitative estimate of drug-likeness (QED) is 0.335. The first-order valence-corrected chi connectivity index (χ1v) is 12.3. The molecule has 1 aliphatic carbocycles. The molecule has 4 nitrogen and oxygen atoms in total. The van der Waals surface area contributed by atoms with Crippen molar-refractivity contribution in [1.29, 1.82) is 0 Å². The van der Waals surface area contributed by atoms with E-state index in [0.29, 0.717) is 12.2 Å². The van der Waals surface area contributed by atoms with Crippen LogP contribution in [-0.4, -0.2) is 28.1 Å². The van der Waals surface area contributed by atoms with E-state index in [1.54, 1.807) is 0 Å². The molecule has 2 N–H and O–H groups in total. The number of carboxylic acids is 1. The van der Waals surface area contributed by atoms with E-state index in [2.05, 4.69) is 45.0 Å². The predicted molar refractivity (Wildman–Crippen MR) is 125 cm³/mol. The molecule has 1 aromatic rings. The second-order valence-corrected chi connectivity index (χ2v) is 9.92. The van der Waals surface area contributed by atoms with Crippen LogP contribution in [0.3, 0.4) is 0 Å². The highest BCUT2D eigenvalue weighted by Gasteiger charge is 2.35. The third kappa shape index (κ3) is 7.45. The van der Waals surface area contributed by atoms with Gasteiger partial charge in [0.05, 0.1) is 6.10 Å². The average Bonchev–Trinajstić information content (AvgIpc) is 3.11. The smallest absolute Gasteiger partial charge is 0.303 e. The second kappa shape index (κ2) is 12.4. The first kappa shape index (κ1) is 25.6. The fraction of sp³-hybridized carbons (Fsp3) is 0.704. The molecule has 4 heteroatoms. The van der Waals surface area contributed by atoms with Crippen LogP contribution in [0.1, 0.15) is 115 Å². The first-order chi connectivity index (χ1) is 14.8. The number of unbranched alkanes of at least 4 members (excludes halogenated alkanes) is 5. The molecular formula is C27H42O4. The van der Waals surface area contributed by atoms with Crippen molar-refractivity contribution in [3.8, 4) is 0 Å². The van der Waals surface area contributed by atoms with E-state index in [0.717, 1.165) is 69.8 Å². The molecule has 3 atom stereocenters. The van der Waals surface area contributed by atoms with Crippen molar-refractivity contribution < 1.29 is 19.8 Å². The highest BCUT2D eigenvalue weighted by atomic mass is 16.4. The number of aliphatic hydroxyl groups is 1. The van der Waals surface area contributed by atoms with Gasteiger partial charge in [-0.2, -0.15) is 0 Å². The molecule has 2 rings (SSSR count). The number of aliphatic carboxylic acids is 1. The second-order valence-electron chi connectivity index (χ2n) is 9.92. The van der Waals surface area contributed by atoms with Crippen molar-refractivity contribution in [3.05, 3.63) is 35.4 Å². The summed E-state index contributed by atoms with van der Waals surface area (Å²) in [6.45, 7) is 6.41. The maximum atomic E-state index is 12.5. The topological polar surface area (TPSA) is 74.6 Å². The summed E-state index contributed by atoms with van der Waals surface area (Å²) >= 11 is 0. The molecule has 1 fully saturated rings. The van der Waals surface area contributed by atoms with Gasteiger partial charge in [0.25, 0.3) is 0 Å². The summed E-state index contributed by atoms with van der Waals surface area (Å²) in [7, 11) is 0. The van der Waals surface area contributed by atoms with Crippen LogP contribution in [0.5, 0.6) is 0 Å². The average molecular weight is 431 g/mol. The Morgan fingerprint density at radius 2 is 1.74 bits per heavy atom. The summed E-state index contributed by atoms with van der Waals surface area (Å²) in [5.74, 6) is 0.0357. The molecule has 174 valence electrons. The van der Waals surface area contributed by atoms with Crippen molar-refractivity contribution in [2.24, 2.45) is 5.92 Å². The number of benzene rings is 1. The van der Waals surface area contributed by atoms with E-state index in [1.807, 2.05) is 0 Å². The van der Waals surface area contributed by atoms with Gasteiger partial charge in [0.15, 0.2) is 0 Å². The van der Waals surface area contributed by atoms with Gasteiger partial charge in [-0.15, -0.1) is 0 Å². The highest BCUT2D eigenvalue weighted by Crippen LogP contribution is 2.41. The molecule has 1 aromatic carbocycles. The number of ketones is 1. The van der Waals surface area contributed by atoms with Gasteiger partial charge >= 0.3 is 5.97 Å². The Balaban J connectivity index is 1.93. The Morgan fingerprint density at radius 3 is 2.39 bits per heavy atom. The molecular weight excluding hydrogens is 388 g/mol.